The fourth-order valence-electron chi connectivity index (χ4n) is 2.05. The van der Waals surface area contributed by atoms with Crippen LogP contribution in [0.2, 0.25) is 0 Å². The quantitative estimate of drug-likeness (QED) is 0.738. The molecule has 0 fully saturated rings. The largest absolute Gasteiger partial charge is 0.436 e. The van der Waals surface area contributed by atoms with E-state index in [0.29, 0.717) is 11.6 Å². The summed E-state index contributed by atoms with van der Waals surface area (Å²) in [5.41, 5.74) is 7.34. The number of fused-ring (bicyclic) bond motifs is 1. The van der Waals surface area contributed by atoms with Gasteiger partial charge in [-0.05, 0) is 30.7 Å². The number of nitrogens with zero attached hydrogens (tertiary/aromatic N) is 3. The number of hydrogen-bond acceptors (Lipinski definition) is 4. The minimum absolute atomic E-state index is 0.554. The highest BCUT2D eigenvalue weighted by atomic mass is 16.5. The van der Waals surface area contributed by atoms with Gasteiger partial charge in [0.05, 0.1) is 17.9 Å². The summed E-state index contributed by atoms with van der Waals surface area (Å²) in [6.07, 6.45) is 4.61. The average molecular weight is 268 g/mol. The Labute approximate surface area is 117 Å². The molecule has 5 nitrogen and oxygen atoms in total. The number of aryl methyl sites for hydroxylation is 1. The van der Waals surface area contributed by atoms with Crippen LogP contribution in [0.5, 0.6) is 11.6 Å². The monoisotopic (exact) mass is 268 g/mol. The van der Waals surface area contributed by atoms with Crippen LogP contribution in [0, 0.1) is 0 Å². The number of nitrogen functional groups attached to an aromatic ring is 1. The summed E-state index contributed by atoms with van der Waals surface area (Å²) in [7, 11) is 0. The molecule has 0 saturated carbocycles. The second-order valence-electron chi connectivity index (χ2n) is 4.64. The Balaban J connectivity index is 1.84. The van der Waals surface area contributed by atoms with E-state index in [1.165, 1.54) is 0 Å². The van der Waals surface area contributed by atoms with E-state index < -0.39 is 0 Å². The van der Waals surface area contributed by atoms with Crippen LogP contribution in [0.25, 0.3) is 10.9 Å². The molecule has 0 unspecified atom stereocenters. The van der Waals surface area contributed by atoms with Gasteiger partial charge in [0.2, 0.25) is 5.88 Å². The molecule has 0 aliphatic rings. The predicted octanol–water partition coefficient (Wildman–Crippen LogP) is 3.22. The number of pyridine rings is 1. The van der Waals surface area contributed by atoms with Gasteiger partial charge >= 0.3 is 0 Å². The van der Waals surface area contributed by atoms with Crippen LogP contribution in [0.1, 0.15) is 13.3 Å². The normalized spacial score (nSPS) is 10.8. The lowest BCUT2D eigenvalue weighted by molar-refractivity contribution is 0.463. The smallest absolute Gasteiger partial charge is 0.219 e. The van der Waals surface area contributed by atoms with Crippen molar-refractivity contribution in [1.82, 2.24) is 14.8 Å². The third kappa shape index (κ3) is 2.56. The first-order valence-electron chi connectivity index (χ1n) is 6.61. The Morgan fingerprint density at radius 3 is 3.00 bits per heavy atom. The van der Waals surface area contributed by atoms with E-state index in [-0.39, 0.29) is 0 Å². The standard InChI is InChI=1S/C15H16N4O/c1-2-7-19-10-13(9-17-19)20-15-6-3-11-8-12(16)4-5-14(11)18-15/h3-6,8-10H,2,7,16H2,1H3. The van der Waals surface area contributed by atoms with Gasteiger partial charge in [0, 0.05) is 23.7 Å². The van der Waals surface area contributed by atoms with Crippen molar-refractivity contribution in [2.45, 2.75) is 19.9 Å². The summed E-state index contributed by atoms with van der Waals surface area (Å²) in [6, 6.07) is 9.39. The SMILES string of the molecule is CCCn1cc(Oc2ccc3cc(N)ccc3n2)cn1. The van der Waals surface area contributed by atoms with E-state index >= 15 is 0 Å². The molecule has 0 radical (unpaired) electrons. The zero-order valence-corrected chi connectivity index (χ0v) is 11.3. The highest BCUT2D eigenvalue weighted by Gasteiger charge is 2.04. The van der Waals surface area contributed by atoms with E-state index in [2.05, 4.69) is 17.0 Å². The molecule has 20 heavy (non-hydrogen) atoms. The number of aromatic nitrogens is 3. The molecule has 5 heteroatoms. The van der Waals surface area contributed by atoms with Crippen molar-refractivity contribution in [3.8, 4) is 11.6 Å². The zero-order chi connectivity index (χ0) is 13.9. The fourth-order valence-corrected chi connectivity index (χ4v) is 2.05. The first-order chi connectivity index (χ1) is 9.74. The third-order valence-corrected chi connectivity index (χ3v) is 2.97. The van der Waals surface area contributed by atoms with Gasteiger partial charge in [0.15, 0.2) is 5.75 Å². The minimum atomic E-state index is 0.554. The average Bonchev–Trinajstić information content (AvgIpc) is 2.87. The van der Waals surface area contributed by atoms with Crippen molar-refractivity contribution in [3.63, 3.8) is 0 Å². The Hall–Kier alpha value is -2.56. The number of rotatable bonds is 4. The van der Waals surface area contributed by atoms with Gasteiger partial charge in [-0.1, -0.05) is 6.92 Å². The lowest BCUT2D eigenvalue weighted by Gasteiger charge is -2.04. The molecular weight excluding hydrogens is 252 g/mol. The third-order valence-electron chi connectivity index (χ3n) is 2.97. The molecule has 3 rings (SSSR count). The highest BCUT2D eigenvalue weighted by Crippen LogP contribution is 2.23. The summed E-state index contributed by atoms with van der Waals surface area (Å²) in [6.45, 7) is 2.99. The van der Waals surface area contributed by atoms with Crippen molar-refractivity contribution >= 4 is 16.6 Å². The van der Waals surface area contributed by atoms with Crippen molar-refractivity contribution in [2.24, 2.45) is 0 Å². The summed E-state index contributed by atoms with van der Waals surface area (Å²) in [5, 5.41) is 5.22. The Bertz CT molecular complexity index is 736. The van der Waals surface area contributed by atoms with Gasteiger partial charge in [-0.3, -0.25) is 4.68 Å². The Morgan fingerprint density at radius 1 is 1.25 bits per heavy atom. The maximum Gasteiger partial charge on any atom is 0.219 e. The van der Waals surface area contributed by atoms with Crippen LogP contribution in [0.15, 0.2) is 42.7 Å². The maximum atomic E-state index is 5.75. The van der Waals surface area contributed by atoms with E-state index in [9.17, 15) is 0 Å². The summed E-state index contributed by atoms with van der Waals surface area (Å²) in [5.74, 6) is 1.25. The van der Waals surface area contributed by atoms with Gasteiger partial charge in [0.25, 0.3) is 0 Å². The van der Waals surface area contributed by atoms with Gasteiger partial charge in [0.1, 0.15) is 0 Å². The second kappa shape index (κ2) is 5.21. The van der Waals surface area contributed by atoms with E-state index in [1.54, 1.807) is 6.20 Å². The molecule has 2 N–H and O–H groups in total. The number of benzene rings is 1. The molecule has 0 aliphatic heterocycles. The van der Waals surface area contributed by atoms with Crippen LogP contribution < -0.4 is 10.5 Å². The molecule has 0 saturated heterocycles. The van der Waals surface area contributed by atoms with Crippen molar-refractivity contribution in [1.29, 1.82) is 0 Å². The molecular formula is C15H16N4O. The van der Waals surface area contributed by atoms with Gasteiger partial charge in [-0.15, -0.1) is 0 Å². The number of ether oxygens (including phenoxy) is 1. The van der Waals surface area contributed by atoms with Crippen LogP contribution in [0.4, 0.5) is 5.69 Å². The van der Waals surface area contributed by atoms with E-state index in [1.807, 2.05) is 41.2 Å². The van der Waals surface area contributed by atoms with E-state index in [0.717, 1.165) is 29.6 Å². The van der Waals surface area contributed by atoms with Crippen molar-refractivity contribution < 1.29 is 4.74 Å². The number of hydrogen-bond donors (Lipinski definition) is 1. The van der Waals surface area contributed by atoms with Crippen LogP contribution in [-0.4, -0.2) is 14.8 Å². The zero-order valence-electron chi connectivity index (χ0n) is 11.3. The van der Waals surface area contributed by atoms with Gasteiger partial charge < -0.3 is 10.5 Å². The van der Waals surface area contributed by atoms with Crippen LogP contribution in [-0.2, 0) is 6.54 Å². The van der Waals surface area contributed by atoms with Crippen molar-refractivity contribution in [2.75, 3.05) is 5.73 Å². The number of nitrogens with two attached hydrogens (primary N) is 1. The summed E-state index contributed by atoms with van der Waals surface area (Å²) in [4.78, 5) is 4.45. The lowest BCUT2D eigenvalue weighted by atomic mass is 10.2. The molecule has 0 atom stereocenters. The van der Waals surface area contributed by atoms with Crippen molar-refractivity contribution in [3.05, 3.63) is 42.7 Å². The van der Waals surface area contributed by atoms with Crippen LogP contribution >= 0.6 is 0 Å². The summed E-state index contributed by atoms with van der Waals surface area (Å²) >= 11 is 0. The maximum absolute atomic E-state index is 5.75. The molecule has 0 aliphatic carbocycles. The molecule has 2 heterocycles. The molecule has 3 aromatic rings. The topological polar surface area (TPSA) is 66.0 Å². The Morgan fingerprint density at radius 2 is 2.15 bits per heavy atom. The molecule has 2 aromatic heterocycles. The van der Waals surface area contributed by atoms with Gasteiger partial charge in [-0.25, -0.2) is 4.98 Å². The molecule has 0 spiro atoms. The lowest BCUT2D eigenvalue weighted by Crippen LogP contribution is -1.95. The first kappa shape index (κ1) is 12.5. The molecule has 1 aromatic carbocycles. The molecule has 0 amide bonds. The molecule has 0 bridgehead atoms. The van der Waals surface area contributed by atoms with Gasteiger partial charge in [-0.2, -0.15) is 5.10 Å². The molecule has 102 valence electrons. The fraction of sp³-hybridized carbons (Fsp3) is 0.200. The predicted molar refractivity (Wildman–Crippen MR) is 78.7 cm³/mol. The van der Waals surface area contributed by atoms with E-state index in [4.69, 9.17) is 10.5 Å². The number of anilines is 1. The Kier molecular flexibility index (Phi) is 3.25. The van der Waals surface area contributed by atoms with Crippen LogP contribution in [0.3, 0.4) is 0 Å². The first-order valence-corrected chi connectivity index (χ1v) is 6.61. The minimum Gasteiger partial charge on any atom is -0.436 e. The highest BCUT2D eigenvalue weighted by molar-refractivity contribution is 5.82. The summed E-state index contributed by atoms with van der Waals surface area (Å²) < 4.78 is 7.58. The second-order valence-corrected chi connectivity index (χ2v) is 4.64.